The number of nitrogens with zero attached hydrogens (tertiary/aromatic N) is 3. The first kappa shape index (κ1) is 15.5. The molecule has 22 heavy (non-hydrogen) atoms. The van der Waals surface area contributed by atoms with Crippen LogP contribution in [0.15, 0.2) is 6.07 Å². The fourth-order valence-electron chi connectivity index (χ4n) is 3.61. The van der Waals surface area contributed by atoms with Gasteiger partial charge >= 0.3 is 0 Å². The Hall–Kier alpha value is -1.36. The predicted molar refractivity (Wildman–Crippen MR) is 84.8 cm³/mol. The van der Waals surface area contributed by atoms with E-state index in [2.05, 4.69) is 10.00 Å². The van der Waals surface area contributed by atoms with Crippen LogP contribution >= 0.6 is 0 Å². The van der Waals surface area contributed by atoms with Crippen molar-refractivity contribution >= 4 is 5.91 Å². The van der Waals surface area contributed by atoms with E-state index in [1.807, 2.05) is 20.0 Å². The second kappa shape index (κ2) is 6.82. The lowest BCUT2D eigenvalue weighted by Crippen LogP contribution is -2.44. The minimum atomic E-state index is 0.0995. The SMILES string of the molecule is Cc1cc(C(=O)N(CC2CCOC2)C2CCCCC2)nn1C. The van der Waals surface area contributed by atoms with E-state index >= 15 is 0 Å². The normalized spacial score (nSPS) is 22.9. The summed E-state index contributed by atoms with van der Waals surface area (Å²) in [6.07, 6.45) is 7.09. The van der Waals surface area contributed by atoms with Gasteiger partial charge in [0.1, 0.15) is 0 Å². The number of carbonyl (C=O) groups is 1. The Kier molecular flexibility index (Phi) is 4.81. The third-order valence-electron chi connectivity index (χ3n) is 5.09. The highest BCUT2D eigenvalue weighted by atomic mass is 16.5. The van der Waals surface area contributed by atoms with Crippen LogP contribution in [0.1, 0.15) is 54.7 Å². The van der Waals surface area contributed by atoms with Crippen LogP contribution in [0.5, 0.6) is 0 Å². The standard InChI is InChI=1S/C17H27N3O2/c1-13-10-16(18-19(13)2)17(21)20(11-14-8-9-22-12-14)15-6-4-3-5-7-15/h10,14-15H,3-9,11-12H2,1-2H3. The predicted octanol–water partition coefficient (Wildman–Crippen LogP) is 2.54. The van der Waals surface area contributed by atoms with Gasteiger partial charge in [0.2, 0.25) is 0 Å². The summed E-state index contributed by atoms with van der Waals surface area (Å²) in [4.78, 5) is 15.1. The lowest BCUT2D eigenvalue weighted by Gasteiger charge is -2.35. The summed E-state index contributed by atoms with van der Waals surface area (Å²) in [5.74, 6) is 0.582. The molecule has 5 heteroatoms. The molecule has 0 aromatic carbocycles. The molecule has 0 spiro atoms. The van der Waals surface area contributed by atoms with Gasteiger partial charge in [-0.05, 0) is 32.3 Å². The molecule has 3 rings (SSSR count). The zero-order chi connectivity index (χ0) is 15.5. The van der Waals surface area contributed by atoms with E-state index in [1.165, 1.54) is 19.3 Å². The van der Waals surface area contributed by atoms with E-state index in [-0.39, 0.29) is 5.91 Å². The average molecular weight is 305 g/mol. The van der Waals surface area contributed by atoms with Crippen molar-refractivity contribution in [3.63, 3.8) is 0 Å². The number of ether oxygens (including phenoxy) is 1. The van der Waals surface area contributed by atoms with E-state index < -0.39 is 0 Å². The smallest absolute Gasteiger partial charge is 0.274 e. The Morgan fingerprint density at radius 2 is 2.14 bits per heavy atom. The minimum Gasteiger partial charge on any atom is -0.381 e. The summed E-state index contributed by atoms with van der Waals surface area (Å²) < 4.78 is 7.28. The molecular weight excluding hydrogens is 278 g/mol. The molecule has 1 aliphatic carbocycles. The number of aryl methyl sites for hydroxylation is 2. The van der Waals surface area contributed by atoms with Crippen LogP contribution < -0.4 is 0 Å². The van der Waals surface area contributed by atoms with Crippen molar-refractivity contribution in [2.75, 3.05) is 19.8 Å². The summed E-state index contributed by atoms with van der Waals surface area (Å²) in [5, 5.41) is 4.39. The van der Waals surface area contributed by atoms with E-state index in [1.54, 1.807) is 4.68 Å². The highest BCUT2D eigenvalue weighted by Gasteiger charge is 2.31. The molecule has 1 saturated carbocycles. The van der Waals surface area contributed by atoms with E-state index in [0.29, 0.717) is 17.7 Å². The Balaban J connectivity index is 1.77. The fraction of sp³-hybridized carbons (Fsp3) is 0.765. The van der Waals surface area contributed by atoms with Crippen LogP contribution in [0.4, 0.5) is 0 Å². The summed E-state index contributed by atoms with van der Waals surface area (Å²) >= 11 is 0. The number of hydrogen-bond acceptors (Lipinski definition) is 3. The van der Waals surface area contributed by atoms with Crippen molar-refractivity contribution in [1.82, 2.24) is 14.7 Å². The molecule has 2 heterocycles. The van der Waals surface area contributed by atoms with Crippen molar-refractivity contribution in [1.29, 1.82) is 0 Å². The van der Waals surface area contributed by atoms with Crippen LogP contribution in [0.25, 0.3) is 0 Å². The molecule has 1 amide bonds. The Bertz CT molecular complexity index is 494. The summed E-state index contributed by atoms with van der Waals surface area (Å²) in [7, 11) is 1.89. The molecule has 1 atom stereocenters. The fourth-order valence-corrected chi connectivity index (χ4v) is 3.61. The lowest BCUT2D eigenvalue weighted by atomic mass is 9.93. The number of hydrogen-bond donors (Lipinski definition) is 0. The van der Waals surface area contributed by atoms with Crippen molar-refractivity contribution in [3.05, 3.63) is 17.5 Å². The maximum absolute atomic E-state index is 13.0. The van der Waals surface area contributed by atoms with Gasteiger partial charge in [0.15, 0.2) is 5.69 Å². The second-order valence-electron chi connectivity index (χ2n) is 6.77. The molecule has 0 N–H and O–H groups in total. The first-order valence-electron chi connectivity index (χ1n) is 8.54. The van der Waals surface area contributed by atoms with Crippen LogP contribution in [0, 0.1) is 12.8 Å². The molecule has 1 aliphatic heterocycles. The minimum absolute atomic E-state index is 0.0995. The number of aromatic nitrogens is 2. The molecule has 5 nitrogen and oxygen atoms in total. The third-order valence-corrected chi connectivity index (χ3v) is 5.09. The number of carbonyl (C=O) groups excluding carboxylic acids is 1. The maximum atomic E-state index is 13.0. The summed E-state index contributed by atoms with van der Waals surface area (Å²) in [6, 6.07) is 2.28. The van der Waals surface area contributed by atoms with Gasteiger partial charge in [-0.1, -0.05) is 19.3 Å². The first-order valence-corrected chi connectivity index (χ1v) is 8.54. The van der Waals surface area contributed by atoms with Crippen molar-refractivity contribution < 1.29 is 9.53 Å². The van der Waals surface area contributed by atoms with Crippen LogP contribution in [0.2, 0.25) is 0 Å². The average Bonchev–Trinajstić information content (AvgIpc) is 3.16. The highest BCUT2D eigenvalue weighted by Crippen LogP contribution is 2.26. The van der Waals surface area contributed by atoms with Crippen molar-refractivity contribution in [2.24, 2.45) is 13.0 Å². The van der Waals surface area contributed by atoms with Crippen LogP contribution in [-0.2, 0) is 11.8 Å². The number of amides is 1. The lowest BCUT2D eigenvalue weighted by molar-refractivity contribution is 0.0576. The molecular formula is C17H27N3O2. The van der Waals surface area contributed by atoms with Crippen LogP contribution in [0.3, 0.4) is 0 Å². The molecule has 122 valence electrons. The van der Waals surface area contributed by atoms with E-state index in [9.17, 15) is 4.79 Å². The Morgan fingerprint density at radius 1 is 1.36 bits per heavy atom. The van der Waals surface area contributed by atoms with Gasteiger partial charge in [0.25, 0.3) is 5.91 Å². The monoisotopic (exact) mass is 305 g/mol. The third kappa shape index (κ3) is 3.35. The van der Waals surface area contributed by atoms with Gasteiger partial charge in [0.05, 0.1) is 6.61 Å². The van der Waals surface area contributed by atoms with Crippen molar-refractivity contribution in [3.8, 4) is 0 Å². The van der Waals surface area contributed by atoms with Gasteiger partial charge in [-0.3, -0.25) is 9.48 Å². The molecule has 1 saturated heterocycles. The second-order valence-corrected chi connectivity index (χ2v) is 6.77. The molecule has 0 bridgehead atoms. The zero-order valence-corrected chi connectivity index (χ0v) is 13.8. The Morgan fingerprint density at radius 3 is 2.73 bits per heavy atom. The molecule has 1 aromatic rings. The molecule has 1 aromatic heterocycles. The van der Waals surface area contributed by atoms with Gasteiger partial charge in [-0.25, -0.2) is 0 Å². The van der Waals surface area contributed by atoms with Gasteiger partial charge in [-0.2, -0.15) is 5.10 Å². The Labute approximate surface area is 132 Å². The van der Waals surface area contributed by atoms with Crippen LogP contribution in [-0.4, -0.2) is 46.4 Å². The first-order chi connectivity index (χ1) is 10.6. The molecule has 2 fully saturated rings. The van der Waals surface area contributed by atoms with E-state index in [4.69, 9.17) is 4.74 Å². The summed E-state index contributed by atoms with van der Waals surface area (Å²) in [5.41, 5.74) is 1.61. The molecule has 2 aliphatic rings. The zero-order valence-electron chi connectivity index (χ0n) is 13.8. The van der Waals surface area contributed by atoms with Gasteiger partial charge < -0.3 is 9.64 Å². The van der Waals surface area contributed by atoms with Gasteiger partial charge in [0, 0.05) is 37.9 Å². The highest BCUT2D eigenvalue weighted by molar-refractivity contribution is 5.92. The largest absolute Gasteiger partial charge is 0.381 e. The maximum Gasteiger partial charge on any atom is 0.274 e. The van der Waals surface area contributed by atoms with Gasteiger partial charge in [-0.15, -0.1) is 0 Å². The topological polar surface area (TPSA) is 47.4 Å². The number of rotatable bonds is 4. The molecule has 1 unspecified atom stereocenters. The molecule has 0 radical (unpaired) electrons. The quantitative estimate of drug-likeness (QED) is 0.859. The van der Waals surface area contributed by atoms with Crippen molar-refractivity contribution in [2.45, 2.75) is 51.5 Å². The van der Waals surface area contributed by atoms with E-state index in [0.717, 1.165) is 44.7 Å². The summed E-state index contributed by atoms with van der Waals surface area (Å²) in [6.45, 7) is 4.43.